The molecule has 2 rings (SSSR count). The molecular weight excluding hydrogens is 286 g/mol. The lowest BCUT2D eigenvalue weighted by atomic mass is 10.3. The van der Waals surface area contributed by atoms with E-state index in [-0.39, 0.29) is 16.4 Å². The first-order chi connectivity index (χ1) is 8.97. The Morgan fingerprint density at radius 3 is 2.68 bits per heavy atom. The molecule has 1 amide bonds. The van der Waals surface area contributed by atoms with Crippen molar-refractivity contribution >= 4 is 28.8 Å². The molecule has 0 radical (unpaired) electrons. The normalized spacial score (nSPS) is 11.0. The van der Waals surface area contributed by atoms with Gasteiger partial charge >= 0.3 is 0 Å². The standard InChI is InChI=1S/C12H14ClN3O2S/c1-7(2)16(6-9-5-4-8(3)18-9)11(17)10-14-15-12(13)19-10/h4-5,7H,6H2,1-3H3. The van der Waals surface area contributed by atoms with E-state index >= 15 is 0 Å². The lowest BCUT2D eigenvalue weighted by Crippen LogP contribution is -2.36. The fourth-order valence-corrected chi connectivity index (χ4v) is 2.43. The fraction of sp³-hybridized carbons (Fsp3) is 0.417. The number of halogens is 1. The van der Waals surface area contributed by atoms with Gasteiger partial charge in [-0.05, 0) is 44.5 Å². The summed E-state index contributed by atoms with van der Waals surface area (Å²) < 4.78 is 5.77. The average Bonchev–Trinajstić information content (AvgIpc) is 2.94. The molecule has 102 valence electrons. The molecular formula is C12H14ClN3O2S. The van der Waals surface area contributed by atoms with Gasteiger partial charge in [0, 0.05) is 6.04 Å². The van der Waals surface area contributed by atoms with E-state index in [4.69, 9.17) is 16.0 Å². The number of furan rings is 1. The maximum Gasteiger partial charge on any atom is 0.285 e. The van der Waals surface area contributed by atoms with Crippen LogP contribution >= 0.6 is 22.9 Å². The van der Waals surface area contributed by atoms with Crippen LogP contribution in [0.2, 0.25) is 4.47 Å². The Balaban J connectivity index is 2.18. The first kappa shape index (κ1) is 14.0. The molecule has 0 atom stereocenters. The highest BCUT2D eigenvalue weighted by Crippen LogP contribution is 2.20. The smallest absolute Gasteiger partial charge is 0.285 e. The van der Waals surface area contributed by atoms with E-state index in [1.165, 1.54) is 0 Å². The second kappa shape index (κ2) is 5.71. The predicted octanol–water partition coefficient (Wildman–Crippen LogP) is 3.14. The molecule has 0 bridgehead atoms. The highest BCUT2D eigenvalue weighted by Gasteiger charge is 2.23. The Morgan fingerprint density at radius 1 is 1.47 bits per heavy atom. The van der Waals surface area contributed by atoms with E-state index in [1.54, 1.807) is 4.90 Å². The van der Waals surface area contributed by atoms with Gasteiger partial charge in [-0.1, -0.05) is 11.3 Å². The number of aryl methyl sites for hydroxylation is 1. The van der Waals surface area contributed by atoms with E-state index in [1.807, 2.05) is 32.9 Å². The Kier molecular flexibility index (Phi) is 4.21. The van der Waals surface area contributed by atoms with Crippen LogP contribution in [0.25, 0.3) is 0 Å². The van der Waals surface area contributed by atoms with E-state index in [2.05, 4.69) is 10.2 Å². The zero-order chi connectivity index (χ0) is 14.0. The van der Waals surface area contributed by atoms with Gasteiger partial charge < -0.3 is 9.32 Å². The summed E-state index contributed by atoms with van der Waals surface area (Å²) in [5.74, 6) is 1.38. The maximum absolute atomic E-state index is 12.3. The van der Waals surface area contributed by atoms with Crippen LogP contribution in [0, 0.1) is 6.92 Å². The number of rotatable bonds is 4. The van der Waals surface area contributed by atoms with Crippen molar-refractivity contribution in [1.29, 1.82) is 0 Å². The molecule has 0 unspecified atom stereocenters. The summed E-state index contributed by atoms with van der Waals surface area (Å²) in [4.78, 5) is 14.0. The van der Waals surface area contributed by atoms with Gasteiger partial charge in [-0.15, -0.1) is 10.2 Å². The van der Waals surface area contributed by atoms with Crippen LogP contribution in [-0.2, 0) is 6.54 Å². The topological polar surface area (TPSA) is 59.2 Å². The van der Waals surface area contributed by atoms with Gasteiger partial charge in [0.05, 0.1) is 6.54 Å². The molecule has 2 aromatic rings. The van der Waals surface area contributed by atoms with Crippen molar-refractivity contribution in [2.75, 3.05) is 0 Å². The second-order valence-corrected chi connectivity index (χ2v) is 5.96. The summed E-state index contributed by atoms with van der Waals surface area (Å²) in [7, 11) is 0. The minimum Gasteiger partial charge on any atom is -0.464 e. The van der Waals surface area contributed by atoms with Crippen molar-refractivity contribution in [2.24, 2.45) is 0 Å². The molecule has 0 aromatic carbocycles. The number of hydrogen-bond acceptors (Lipinski definition) is 5. The number of amides is 1. The fourth-order valence-electron chi connectivity index (χ4n) is 1.64. The molecule has 0 saturated heterocycles. The highest BCUT2D eigenvalue weighted by molar-refractivity contribution is 7.17. The largest absolute Gasteiger partial charge is 0.464 e. The molecule has 0 aliphatic rings. The summed E-state index contributed by atoms with van der Waals surface area (Å²) in [5.41, 5.74) is 0. The van der Waals surface area contributed by atoms with E-state index in [0.717, 1.165) is 22.9 Å². The number of aromatic nitrogens is 2. The minimum absolute atomic E-state index is 0.0283. The van der Waals surface area contributed by atoms with Crippen LogP contribution in [0.4, 0.5) is 0 Å². The number of nitrogens with zero attached hydrogens (tertiary/aromatic N) is 3. The molecule has 0 saturated carbocycles. The molecule has 0 fully saturated rings. The lowest BCUT2D eigenvalue weighted by Gasteiger charge is -2.24. The molecule has 5 nitrogen and oxygen atoms in total. The van der Waals surface area contributed by atoms with Crippen molar-refractivity contribution < 1.29 is 9.21 Å². The molecule has 0 N–H and O–H groups in total. The molecule has 19 heavy (non-hydrogen) atoms. The van der Waals surface area contributed by atoms with Gasteiger partial charge in [0.1, 0.15) is 11.5 Å². The summed E-state index contributed by atoms with van der Waals surface area (Å²) >= 11 is 6.79. The number of carbonyl (C=O) groups excluding carboxylic acids is 1. The van der Waals surface area contributed by atoms with Crippen molar-refractivity contribution in [2.45, 2.75) is 33.4 Å². The Morgan fingerprint density at radius 2 is 2.21 bits per heavy atom. The van der Waals surface area contributed by atoms with Crippen LogP contribution in [0.5, 0.6) is 0 Å². The Bertz CT molecular complexity index is 579. The van der Waals surface area contributed by atoms with Crippen LogP contribution < -0.4 is 0 Å². The molecule has 7 heteroatoms. The van der Waals surface area contributed by atoms with Gasteiger partial charge in [-0.3, -0.25) is 4.79 Å². The maximum atomic E-state index is 12.3. The SMILES string of the molecule is Cc1ccc(CN(C(=O)c2nnc(Cl)s2)C(C)C)o1. The van der Waals surface area contributed by atoms with Gasteiger partial charge in [0.15, 0.2) is 0 Å². The molecule has 2 heterocycles. The van der Waals surface area contributed by atoms with Crippen molar-refractivity contribution in [1.82, 2.24) is 15.1 Å². The Labute approximate surface area is 120 Å². The van der Waals surface area contributed by atoms with Gasteiger partial charge in [-0.2, -0.15) is 0 Å². The first-order valence-corrected chi connectivity index (χ1v) is 7.02. The van der Waals surface area contributed by atoms with Gasteiger partial charge in [-0.25, -0.2) is 0 Å². The summed E-state index contributed by atoms with van der Waals surface area (Å²) in [6.45, 7) is 6.16. The Hall–Kier alpha value is -1.40. The minimum atomic E-state index is -0.187. The third kappa shape index (κ3) is 3.33. The quantitative estimate of drug-likeness (QED) is 0.870. The predicted molar refractivity (Wildman–Crippen MR) is 73.4 cm³/mol. The third-order valence-corrected chi connectivity index (χ3v) is 3.60. The molecule has 2 aromatic heterocycles. The zero-order valence-corrected chi connectivity index (χ0v) is 12.5. The van der Waals surface area contributed by atoms with Crippen LogP contribution in [0.15, 0.2) is 16.5 Å². The summed E-state index contributed by atoms with van der Waals surface area (Å²) in [6.07, 6.45) is 0. The van der Waals surface area contributed by atoms with Crippen LogP contribution in [0.1, 0.15) is 35.2 Å². The van der Waals surface area contributed by atoms with E-state index in [9.17, 15) is 4.79 Å². The van der Waals surface area contributed by atoms with Gasteiger partial charge in [0.2, 0.25) is 9.47 Å². The zero-order valence-electron chi connectivity index (χ0n) is 10.9. The third-order valence-electron chi connectivity index (χ3n) is 2.59. The molecule has 0 aliphatic heterocycles. The highest BCUT2D eigenvalue weighted by atomic mass is 35.5. The average molecular weight is 300 g/mol. The van der Waals surface area contributed by atoms with Crippen molar-refractivity contribution in [3.63, 3.8) is 0 Å². The molecule has 0 aliphatic carbocycles. The lowest BCUT2D eigenvalue weighted by molar-refractivity contribution is 0.0674. The van der Waals surface area contributed by atoms with Crippen molar-refractivity contribution in [3.8, 4) is 0 Å². The van der Waals surface area contributed by atoms with Crippen LogP contribution in [0.3, 0.4) is 0 Å². The van der Waals surface area contributed by atoms with Crippen molar-refractivity contribution in [3.05, 3.63) is 33.1 Å². The number of hydrogen-bond donors (Lipinski definition) is 0. The summed E-state index contributed by atoms with van der Waals surface area (Å²) in [5, 5.41) is 7.73. The molecule has 0 spiro atoms. The second-order valence-electron chi connectivity index (χ2n) is 4.40. The summed E-state index contributed by atoms with van der Waals surface area (Å²) in [6, 6.07) is 3.77. The monoisotopic (exact) mass is 299 g/mol. The van der Waals surface area contributed by atoms with E-state index in [0.29, 0.717) is 11.6 Å². The first-order valence-electron chi connectivity index (χ1n) is 5.82. The van der Waals surface area contributed by atoms with Crippen LogP contribution in [-0.4, -0.2) is 27.0 Å². The van der Waals surface area contributed by atoms with E-state index < -0.39 is 0 Å². The van der Waals surface area contributed by atoms with Gasteiger partial charge in [0.25, 0.3) is 5.91 Å². The number of carbonyl (C=O) groups is 1.